The SMILES string of the molecule is CN1[C@H]2CC[C@@H]1[C@](C(=O)O)(C(=O)c1ccco1)[C@@H](O)C2. The number of carbonyl (C=O) groups is 2. The molecule has 3 rings (SSSR count). The van der Waals surface area contributed by atoms with Crippen molar-refractivity contribution in [2.24, 2.45) is 5.41 Å². The van der Waals surface area contributed by atoms with Gasteiger partial charge in [-0.05, 0) is 38.4 Å². The Balaban J connectivity index is 2.11. The Morgan fingerprint density at radius 1 is 1.45 bits per heavy atom. The third-order valence-electron chi connectivity index (χ3n) is 4.86. The van der Waals surface area contributed by atoms with Gasteiger partial charge in [0, 0.05) is 12.1 Å². The number of piperidine rings is 1. The van der Waals surface area contributed by atoms with Crippen LogP contribution in [0.15, 0.2) is 22.8 Å². The Morgan fingerprint density at radius 3 is 2.80 bits per heavy atom. The number of furan rings is 1. The smallest absolute Gasteiger partial charge is 0.322 e. The standard InChI is InChI=1S/C14H17NO5/c1-15-8-4-5-10(15)14(13(18)19,11(16)7-8)12(17)9-3-2-6-20-9/h2-3,6,8,10-11,16H,4-5,7H2,1H3,(H,18,19)/t8-,10+,11-,14+/m0/s1. The minimum absolute atomic E-state index is 0.00907. The van der Waals surface area contributed by atoms with Gasteiger partial charge in [0.05, 0.1) is 12.4 Å². The number of Topliss-reactive ketones (excluding diaryl/α,β-unsaturated/α-hetero) is 1. The molecular formula is C14H17NO5. The molecule has 0 aliphatic carbocycles. The summed E-state index contributed by atoms with van der Waals surface area (Å²) in [4.78, 5) is 26.5. The van der Waals surface area contributed by atoms with Gasteiger partial charge < -0.3 is 14.6 Å². The third-order valence-corrected chi connectivity index (χ3v) is 4.86. The molecule has 2 aliphatic heterocycles. The molecule has 0 radical (unpaired) electrons. The number of hydrogen-bond donors (Lipinski definition) is 2. The topological polar surface area (TPSA) is 91.0 Å². The molecule has 1 aromatic heterocycles. The van der Waals surface area contributed by atoms with Crippen LogP contribution < -0.4 is 0 Å². The van der Waals surface area contributed by atoms with Crippen molar-refractivity contribution in [3.8, 4) is 0 Å². The minimum Gasteiger partial charge on any atom is -0.480 e. The van der Waals surface area contributed by atoms with Crippen LogP contribution in [0.1, 0.15) is 29.8 Å². The lowest BCUT2D eigenvalue weighted by Crippen LogP contribution is -2.64. The number of aliphatic carboxylic acids is 1. The first-order valence-corrected chi connectivity index (χ1v) is 6.71. The maximum absolute atomic E-state index is 12.7. The van der Waals surface area contributed by atoms with Crippen molar-refractivity contribution >= 4 is 11.8 Å². The Kier molecular flexibility index (Phi) is 2.95. The molecule has 0 saturated carbocycles. The maximum Gasteiger partial charge on any atom is 0.322 e. The summed E-state index contributed by atoms with van der Waals surface area (Å²) in [5.74, 6) is -1.92. The summed E-state index contributed by atoms with van der Waals surface area (Å²) in [7, 11) is 1.82. The Bertz CT molecular complexity index is 540. The van der Waals surface area contributed by atoms with Crippen molar-refractivity contribution in [1.82, 2.24) is 4.90 Å². The van der Waals surface area contributed by atoms with Crippen molar-refractivity contribution in [2.45, 2.75) is 37.5 Å². The first-order valence-electron chi connectivity index (χ1n) is 6.71. The zero-order valence-corrected chi connectivity index (χ0v) is 11.2. The largest absolute Gasteiger partial charge is 0.480 e. The predicted molar refractivity (Wildman–Crippen MR) is 68.3 cm³/mol. The molecule has 3 heterocycles. The summed E-state index contributed by atoms with van der Waals surface area (Å²) in [5.41, 5.74) is -1.83. The number of aliphatic hydroxyl groups is 1. The van der Waals surface area contributed by atoms with Crippen LogP contribution in [0.2, 0.25) is 0 Å². The van der Waals surface area contributed by atoms with Gasteiger partial charge in [0.25, 0.3) is 0 Å². The number of ketones is 1. The maximum atomic E-state index is 12.7. The number of carboxylic acid groups (broad SMARTS) is 1. The van der Waals surface area contributed by atoms with Gasteiger partial charge in [-0.1, -0.05) is 0 Å². The molecule has 1 aromatic rings. The minimum atomic E-state index is -1.83. The van der Waals surface area contributed by atoms with Crippen molar-refractivity contribution in [3.63, 3.8) is 0 Å². The van der Waals surface area contributed by atoms with E-state index in [1.807, 2.05) is 11.9 Å². The fourth-order valence-corrected chi connectivity index (χ4v) is 3.81. The fourth-order valence-electron chi connectivity index (χ4n) is 3.81. The number of rotatable bonds is 3. The lowest BCUT2D eigenvalue weighted by molar-refractivity contribution is -0.162. The molecule has 108 valence electrons. The number of nitrogens with zero attached hydrogens (tertiary/aromatic N) is 1. The van der Waals surface area contributed by atoms with Gasteiger partial charge >= 0.3 is 5.97 Å². The van der Waals surface area contributed by atoms with E-state index in [9.17, 15) is 19.8 Å². The molecule has 6 nitrogen and oxygen atoms in total. The average Bonchev–Trinajstić information content (AvgIpc) is 2.99. The Hall–Kier alpha value is -1.66. The molecule has 0 spiro atoms. The normalized spacial score (nSPS) is 37.0. The second-order valence-electron chi connectivity index (χ2n) is 5.64. The van der Waals surface area contributed by atoms with Crippen LogP contribution in [0.4, 0.5) is 0 Å². The predicted octanol–water partition coefficient (Wildman–Crippen LogP) is 0.761. The van der Waals surface area contributed by atoms with Crippen LogP contribution >= 0.6 is 0 Å². The van der Waals surface area contributed by atoms with Crippen LogP contribution in [-0.4, -0.2) is 52.1 Å². The molecular weight excluding hydrogens is 262 g/mol. The number of fused-ring (bicyclic) bond motifs is 2. The van der Waals surface area contributed by atoms with Gasteiger partial charge in [0.2, 0.25) is 5.78 Å². The number of carboxylic acids is 1. The van der Waals surface area contributed by atoms with Crippen LogP contribution in [0.3, 0.4) is 0 Å². The summed E-state index contributed by atoms with van der Waals surface area (Å²) in [6.07, 6.45) is 1.84. The van der Waals surface area contributed by atoms with Crippen LogP contribution in [0, 0.1) is 5.41 Å². The second kappa shape index (κ2) is 4.43. The van der Waals surface area contributed by atoms with E-state index >= 15 is 0 Å². The van der Waals surface area contributed by atoms with Gasteiger partial charge in [0.1, 0.15) is 0 Å². The number of carbonyl (C=O) groups excluding carboxylic acids is 1. The molecule has 0 aromatic carbocycles. The Morgan fingerprint density at radius 2 is 2.20 bits per heavy atom. The van der Waals surface area contributed by atoms with Crippen molar-refractivity contribution in [1.29, 1.82) is 0 Å². The van der Waals surface area contributed by atoms with E-state index < -0.39 is 29.3 Å². The third kappa shape index (κ3) is 1.52. The number of hydrogen-bond acceptors (Lipinski definition) is 5. The van der Waals surface area contributed by atoms with E-state index in [1.54, 1.807) is 6.07 Å². The zero-order chi connectivity index (χ0) is 14.5. The monoisotopic (exact) mass is 279 g/mol. The van der Waals surface area contributed by atoms with E-state index in [1.165, 1.54) is 12.3 Å². The summed E-state index contributed by atoms with van der Waals surface area (Å²) in [6, 6.07) is 2.64. The average molecular weight is 279 g/mol. The first kappa shape index (κ1) is 13.3. The Labute approximate surface area is 116 Å². The molecule has 2 N–H and O–H groups in total. The fraction of sp³-hybridized carbons (Fsp3) is 0.571. The van der Waals surface area contributed by atoms with Gasteiger partial charge in [0.15, 0.2) is 11.2 Å². The van der Waals surface area contributed by atoms with E-state index in [0.29, 0.717) is 12.8 Å². The van der Waals surface area contributed by atoms with Crippen molar-refractivity contribution < 1.29 is 24.2 Å². The highest BCUT2D eigenvalue weighted by molar-refractivity contribution is 6.12. The van der Waals surface area contributed by atoms with E-state index in [2.05, 4.69) is 0 Å². The highest BCUT2D eigenvalue weighted by Crippen LogP contribution is 2.48. The van der Waals surface area contributed by atoms with E-state index in [4.69, 9.17) is 4.42 Å². The van der Waals surface area contributed by atoms with Crippen molar-refractivity contribution in [2.75, 3.05) is 7.05 Å². The molecule has 2 bridgehead atoms. The van der Waals surface area contributed by atoms with E-state index in [0.717, 1.165) is 6.42 Å². The van der Waals surface area contributed by atoms with Gasteiger partial charge in [-0.15, -0.1) is 0 Å². The second-order valence-corrected chi connectivity index (χ2v) is 5.64. The molecule has 0 amide bonds. The summed E-state index contributed by atoms with van der Waals surface area (Å²) in [6.45, 7) is 0. The molecule has 2 fully saturated rings. The summed E-state index contributed by atoms with van der Waals surface area (Å²) in [5, 5.41) is 20.1. The summed E-state index contributed by atoms with van der Waals surface area (Å²) < 4.78 is 5.07. The highest BCUT2D eigenvalue weighted by atomic mass is 16.4. The van der Waals surface area contributed by atoms with E-state index in [-0.39, 0.29) is 11.8 Å². The quantitative estimate of drug-likeness (QED) is 0.627. The van der Waals surface area contributed by atoms with Gasteiger partial charge in [-0.2, -0.15) is 0 Å². The lowest BCUT2D eigenvalue weighted by atomic mass is 9.68. The molecule has 2 aliphatic rings. The van der Waals surface area contributed by atoms with Crippen LogP contribution in [0.25, 0.3) is 0 Å². The van der Waals surface area contributed by atoms with Gasteiger partial charge in [-0.25, -0.2) is 0 Å². The molecule has 0 unspecified atom stereocenters. The van der Waals surface area contributed by atoms with Crippen LogP contribution in [0.5, 0.6) is 0 Å². The summed E-state index contributed by atoms with van der Waals surface area (Å²) >= 11 is 0. The van der Waals surface area contributed by atoms with Crippen LogP contribution in [-0.2, 0) is 4.79 Å². The molecule has 4 atom stereocenters. The molecule has 20 heavy (non-hydrogen) atoms. The van der Waals surface area contributed by atoms with Crippen molar-refractivity contribution in [3.05, 3.63) is 24.2 Å². The first-order chi connectivity index (χ1) is 9.49. The lowest BCUT2D eigenvalue weighted by Gasteiger charge is -2.46. The highest BCUT2D eigenvalue weighted by Gasteiger charge is 2.65. The van der Waals surface area contributed by atoms with Gasteiger partial charge in [-0.3, -0.25) is 14.5 Å². The molecule has 2 saturated heterocycles. The molecule has 6 heteroatoms. The zero-order valence-electron chi connectivity index (χ0n) is 11.2. The number of aliphatic hydroxyl groups excluding tert-OH is 1.